The predicted octanol–water partition coefficient (Wildman–Crippen LogP) is 3.45. The molecule has 0 saturated carbocycles. The summed E-state index contributed by atoms with van der Waals surface area (Å²) >= 11 is 0. The van der Waals surface area contributed by atoms with Crippen LogP contribution in [0.3, 0.4) is 0 Å². The smallest absolute Gasteiger partial charge is 0.157 e. The van der Waals surface area contributed by atoms with E-state index < -0.39 is 0 Å². The van der Waals surface area contributed by atoms with Gasteiger partial charge in [0.15, 0.2) is 11.5 Å². The topological polar surface area (TPSA) is 71.2 Å². The van der Waals surface area contributed by atoms with Crippen LogP contribution >= 0.6 is 0 Å². The highest BCUT2D eigenvalue weighted by atomic mass is 16.3. The van der Waals surface area contributed by atoms with Gasteiger partial charge in [0.2, 0.25) is 0 Å². The Hall–Kier alpha value is -2.82. The molecule has 1 aromatic heterocycles. The van der Waals surface area contributed by atoms with Crippen molar-refractivity contribution in [1.82, 2.24) is 15.0 Å². The van der Waals surface area contributed by atoms with E-state index in [1.807, 2.05) is 6.20 Å². The molecule has 24 heavy (non-hydrogen) atoms. The van der Waals surface area contributed by atoms with Gasteiger partial charge >= 0.3 is 0 Å². The Labute approximate surface area is 141 Å². The highest BCUT2D eigenvalue weighted by Gasteiger charge is 2.06. The Bertz CT molecular complexity index is 823. The molecular weight excluding hydrogens is 302 g/mol. The minimum atomic E-state index is -0.120. The first-order chi connectivity index (χ1) is 11.5. The van der Waals surface area contributed by atoms with Crippen molar-refractivity contribution in [3.8, 4) is 11.5 Å². The average molecular weight is 323 g/mol. The van der Waals surface area contributed by atoms with Crippen LogP contribution in [0.5, 0.6) is 11.5 Å². The van der Waals surface area contributed by atoms with Crippen LogP contribution in [0.2, 0.25) is 0 Å². The lowest BCUT2D eigenvalue weighted by atomic mass is 10.0. The summed E-state index contributed by atoms with van der Waals surface area (Å²) in [6.07, 6.45) is 2.46. The number of rotatable bonds is 5. The Morgan fingerprint density at radius 2 is 1.67 bits per heavy atom. The average Bonchev–Trinajstić information content (AvgIpc) is 2.98. The first-order valence-electron chi connectivity index (χ1n) is 8.00. The molecule has 5 nitrogen and oxygen atoms in total. The number of phenolic OH excluding ortho intramolecular Hbond substituents is 2. The van der Waals surface area contributed by atoms with Crippen LogP contribution in [0, 0.1) is 0 Å². The van der Waals surface area contributed by atoms with Crippen LogP contribution < -0.4 is 0 Å². The van der Waals surface area contributed by atoms with Gasteiger partial charge in [-0.2, -0.15) is 0 Å². The van der Waals surface area contributed by atoms with Gasteiger partial charge in [-0.15, -0.1) is 5.10 Å². The van der Waals surface area contributed by atoms with Crippen molar-refractivity contribution in [3.05, 3.63) is 71.0 Å². The van der Waals surface area contributed by atoms with Gasteiger partial charge in [-0.25, -0.2) is 4.68 Å². The quantitative estimate of drug-likeness (QED) is 0.706. The molecule has 0 fully saturated rings. The lowest BCUT2D eigenvalue weighted by Gasteiger charge is -2.06. The van der Waals surface area contributed by atoms with Gasteiger partial charge in [0.25, 0.3) is 0 Å². The number of hydrogen-bond acceptors (Lipinski definition) is 4. The fourth-order valence-electron chi connectivity index (χ4n) is 2.58. The molecule has 0 saturated heterocycles. The van der Waals surface area contributed by atoms with Crippen LogP contribution in [0.15, 0.2) is 48.7 Å². The maximum absolute atomic E-state index is 9.55. The van der Waals surface area contributed by atoms with Crippen molar-refractivity contribution >= 4 is 0 Å². The Balaban J connectivity index is 1.67. The van der Waals surface area contributed by atoms with Crippen LogP contribution in [0.4, 0.5) is 0 Å². The maximum Gasteiger partial charge on any atom is 0.157 e. The van der Waals surface area contributed by atoms with Crippen LogP contribution in [-0.2, 0) is 13.0 Å². The summed E-state index contributed by atoms with van der Waals surface area (Å²) in [5, 5.41) is 27.2. The molecule has 0 bridgehead atoms. The SMILES string of the molecule is CC(C)c1ccc(Cn2cc(Cc3ccc(O)c(O)c3)nn2)cc1. The summed E-state index contributed by atoms with van der Waals surface area (Å²) in [6.45, 7) is 5.03. The number of aromatic hydroxyl groups is 2. The van der Waals surface area contributed by atoms with E-state index in [1.54, 1.807) is 16.8 Å². The Morgan fingerprint density at radius 3 is 2.33 bits per heavy atom. The lowest BCUT2D eigenvalue weighted by molar-refractivity contribution is 0.403. The monoisotopic (exact) mass is 323 g/mol. The van der Waals surface area contributed by atoms with Crippen molar-refractivity contribution in [2.75, 3.05) is 0 Å². The Morgan fingerprint density at radius 1 is 0.958 bits per heavy atom. The first kappa shape index (κ1) is 16.1. The molecule has 3 rings (SSSR count). The second-order valence-electron chi connectivity index (χ2n) is 6.30. The summed E-state index contributed by atoms with van der Waals surface area (Å²) in [4.78, 5) is 0. The van der Waals surface area contributed by atoms with Gasteiger partial charge < -0.3 is 10.2 Å². The molecule has 3 aromatic rings. The number of aromatic nitrogens is 3. The lowest BCUT2D eigenvalue weighted by Crippen LogP contribution is -2.00. The van der Waals surface area contributed by atoms with Gasteiger partial charge in [0.05, 0.1) is 12.2 Å². The highest BCUT2D eigenvalue weighted by Crippen LogP contribution is 2.25. The van der Waals surface area contributed by atoms with Gasteiger partial charge in [-0.1, -0.05) is 49.4 Å². The molecule has 0 aliphatic rings. The molecule has 0 aliphatic carbocycles. The molecular formula is C19H21N3O2. The summed E-state index contributed by atoms with van der Waals surface area (Å²) in [5.74, 6) is 0.288. The third-order valence-electron chi connectivity index (χ3n) is 4.00. The van der Waals surface area contributed by atoms with E-state index in [0.29, 0.717) is 18.9 Å². The zero-order valence-electron chi connectivity index (χ0n) is 13.8. The minimum Gasteiger partial charge on any atom is -0.504 e. The molecule has 0 amide bonds. The van der Waals surface area contributed by atoms with E-state index in [2.05, 4.69) is 48.4 Å². The molecule has 0 radical (unpaired) electrons. The third kappa shape index (κ3) is 3.74. The van der Waals surface area contributed by atoms with E-state index in [9.17, 15) is 10.2 Å². The number of phenols is 2. The number of benzene rings is 2. The normalized spacial score (nSPS) is 11.1. The van der Waals surface area contributed by atoms with Gasteiger partial charge in [0.1, 0.15) is 0 Å². The molecule has 1 heterocycles. The van der Waals surface area contributed by atoms with Gasteiger partial charge in [-0.3, -0.25) is 0 Å². The predicted molar refractivity (Wildman–Crippen MR) is 92.2 cm³/mol. The van der Waals surface area contributed by atoms with Crippen molar-refractivity contribution < 1.29 is 10.2 Å². The first-order valence-corrected chi connectivity index (χ1v) is 8.00. The fraction of sp³-hybridized carbons (Fsp3) is 0.263. The van der Waals surface area contributed by atoms with Crippen molar-refractivity contribution in [3.63, 3.8) is 0 Å². The number of nitrogens with zero attached hydrogens (tertiary/aromatic N) is 3. The maximum atomic E-state index is 9.55. The van der Waals surface area contributed by atoms with Crippen LogP contribution in [0.1, 0.15) is 42.1 Å². The van der Waals surface area contributed by atoms with E-state index in [0.717, 1.165) is 11.3 Å². The molecule has 2 aromatic carbocycles. The van der Waals surface area contributed by atoms with E-state index >= 15 is 0 Å². The van der Waals surface area contributed by atoms with Gasteiger partial charge in [-0.05, 0) is 34.7 Å². The standard InChI is InChI=1S/C19H21N3O2/c1-13(2)16-6-3-14(4-7-16)11-22-12-17(20-21-22)9-15-5-8-18(23)19(24)10-15/h3-8,10,12-13,23-24H,9,11H2,1-2H3. The second kappa shape index (κ2) is 6.74. The zero-order chi connectivity index (χ0) is 17.1. The van der Waals surface area contributed by atoms with E-state index in [4.69, 9.17) is 0 Å². The molecule has 0 spiro atoms. The molecule has 0 atom stereocenters. The molecule has 5 heteroatoms. The van der Waals surface area contributed by atoms with E-state index in [1.165, 1.54) is 17.2 Å². The second-order valence-corrected chi connectivity index (χ2v) is 6.30. The van der Waals surface area contributed by atoms with Crippen molar-refractivity contribution in [2.45, 2.75) is 32.7 Å². The third-order valence-corrected chi connectivity index (χ3v) is 4.00. The van der Waals surface area contributed by atoms with Gasteiger partial charge in [0, 0.05) is 12.6 Å². The molecule has 2 N–H and O–H groups in total. The molecule has 0 aliphatic heterocycles. The fourth-order valence-corrected chi connectivity index (χ4v) is 2.58. The van der Waals surface area contributed by atoms with Crippen molar-refractivity contribution in [2.24, 2.45) is 0 Å². The van der Waals surface area contributed by atoms with Crippen LogP contribution in [0.25, 0.3) is 0 Å². The summed E-state index contributed by atoms with van der Waals surface area (Å²) in [7, 11) is 0. The summed E-state index contributed by atoms with van der Waals surface area (Å²) in [5.41, 5.74) is 4.20. The molecule has 0 unspecified atom stereocenters. The molecule has 124 valence electrons. The van der Waals surface area contributed by atoms with Crippen molar-refractivity contribution in [1.29, 1.82) is 0 Å². The Kier molecular flexibility index (Phi) is 4.51. The highest BCUT2D eigenvalue weighted by molar-refractivity contribution is 5.41. The van der Waals surface area contributed by atoms with Crippen LogP contribution in [-0.4, -0.2) is 25.2 Å². The summed E-state index contributed by atoms with van der Waals surface area (Å²) in [6, 6.07) is 13.3. The van der Waals surface area contributed by atoms with E-state index in [-0.39, 0.29) is 11.5 Å². The largest absolute Gasteiger partial charge is 0.504 e. The zero-order valence-corrected chi connectivity index (χ0v) is 13.8. The summed E-state index contributed by atoms with van der Waals surface area (Å²) < 4.78 is 1.81. The number of hydrogen-bond donors (Lipinski definition) is 2. The minimum absolute atomic E-state index is 0.118.